The molecule has 0 saturated heterocycles. The third kappa shape index (κ3) is 5.85. The first-order valence-electron chi connectivity index (χ1n) is 6.09. The van der Waals surface area contributed by atoms with Gasteiger partial charge in [0.05, 0.1) is 24.2 Å². The summed E-state index contributed by atoms with van der Waals surface area (Å²) in [5.74, 6) is -0.0678. The Kier molecular flexibility index (Phi) is 6.18. The number of nitrogens with one attached hydrogen (secondary N) is 2. The molecule has 0 aromatic carbocycles. The molecule has 1 heterocycles. The van der Waals surface area contributed by atoms with E-state index in [1.807, 2.05) is 33.2 Å². The van der Waals surface area contributed by atoms with Crippen molar-refractivity contribution in [2.45, 2.75) is 32.9 Å². The van der Waals surface area contributed by atoms with E-state index in [-0.39, 0.29) is 24.5 Å². The molecule has 1 aromatic rings. The van der Waals surface area contributed by atoms with Crippen molar-refractivity contribution in [2.24, 2.45) is 0 Å². The molecule has 8 heteroatoms. The molecule has 0 amide bonds. The molecule has 1 aromatic heterocycles. The Hall–Kier alpha value is -0.700. The van der Waals surface area contributed by atoms with E-state index >= 15 is 0 Å². The number of hydrogen-bond acceptors (Lipinski definition) is 6. The van der Waals surface area contributed by atoms with Crippen LogP contribution in [0, 0.1) is 0 Å². The Labute approximate surface area is 118 Å². The largest absolute Gasteiger partial charge is 0.378 e. The fourth-order valence-electron chi connectivity index (χ4n) is 1.26. The molecule has 1 rings (SSSR count). The van der Waals surface area contributed by atoms with Crippen LogP contribution in [-0.2, 0) is 14.8 Å². The Morgan fingerprint density at radius 1 is 1.42 bits per heavy atom. The molecule has 110 valence electrons. The summed E-state index contributed by atoms with van der Waals surface area (Å²) < 4.78 is 31.3. The second-order valence-electron chi connectivity index (χ2n) is 4.43. The minimum Gasteiger partial charge on any atom is -0.378 e. The van der Waals surface area contributed by atoms with Crippen LogP contribution in [0.2, 0.25) is 0 Å². The summed E-state index contributed by atoms with van der Waals surface area (Å²) in [6, 6.07) is 0.0961. The molecule has 1 unspecified atom stereocenters. The van der Waals surface area contributed by atoms with E-state index in [4.69, 9.17) is 4.74 Å². The zero-order valence-corrected chi connectivity index (χ0v) is 13.3. The van der Waals surface area contributed by atoms with Crippen molar-refractivity contribution in [1.29, 1.82) is 0 Å². The van der Waals surface area contributed by atoms with E-state index in [1.54, 1.807) is 0 Å². The van der Waals surface area contributed by atoms with Gasteiger partial charge in [-0.3, -0.25) is 4.72 Å². The van der Waals surface area contributed by atoms with Crippen LogP contribution in [0.3, 0.4) is 0 Å². The molecule has 1 atom stereocenters. The number of rotatable bonds is 8. The first kappa shape index (κ1) is 16.4. The average molecular weight is 307 g/mol. The Morgan fingerprint density at radius 2 is 2.11 bits per heavy atom. The number of sulfonamides is 1. The molecule has 0 radical (unpaired) electrons. The van der Waals surface area contributed by atoms with Gasteiger partial charge in [-0.1, -0.05) is 0 Å². The molecule has 0 aliphatic carbocycles. The van der Waals surface area contributed by atoms with Gasteiger partial charge in [0.1, 0.15) is 0 Å². The van der Waals surface area contributed by atoms with Crippen molar-refractivity contribution in [1.82, 2.24) is 10.3 Å². The number of aromatic nitrogens is 1. The SMILES string of the molecule is CNC(C)c1csc(NS(=O)(=O)CCOC(C)C)n1. The van der Waals surface area contributed by atoms with Gasteiger partial charge >= 0.3 is 0 Å². The molecule has 0 bridgehead atoms. The van der Waals surface area contributed by atoms with Gasteiger partial charge in [-0.05, 0) is 27.8 Å². The lowest BCUT2D eigenvalue weighted by Crippen LogP contribution is -2.21. The molecule has 0 spiro atoms. The number of anilines is 1. The van der Waals surface area contributed by atoms with Crippen LogP contribution in [0.25, 0.3) is 0 Å². The third-order valence-corrected chi connectivity index (χ3v) is 4.56. The predicted octanol–water partition coefficient (Wildman–Crippen LogP) is 1.59. The van der Waals surface area contributed by atoms with Crippen LogP contribution in [-0.4, -0.2) is 38.9 Å². The molecular weight excluding hydrogens is 286 g/mol. The molecule has 0 aliphatic rings. The molecule has 19 heavy (non-hydrogen) atoms. The highest BCUT2D eigenvalue weighted by molar-refractivity contribution is 7.92. The summed E-state index contributed by atoms with van der Waals surface area (Å²) in [5.41, 5.74) is 0.823. The fourth-order valence-corrected chi connectivity index (χ4v) is 3.21. The van der Waals surface area contributed by atoms with E-state index in [2.05, 4.69) is 15.0 Å². The molecule has 0 aliphatic heterocycles. The van der Waals surface area contributed by atoms with Crippen LogP contribution < -0.4 is 10.0 Å². The zero-order valence-electron chi connectivity index (χ0n) is 11.6. The monoisotopic (exact) mass is 307 g/mol. The lowest BCUT2D eigenvalue weighted by atomic mass is 10.3. The summed E-state index contributed by atoms with van der Waals surface area (Å²) >= 11 is 1.28. The highest BCUT2D eigenvalue weighted by atomic mass is 32.2. The highest BCUT2D eigenvalue weighted by Gasteiger charge is 2.14. The Bertz CT molecular complexity index is 485. The number of thiazole rings is 1. The van der Waals surface area contributed by atoms with Crippen molar-refractivity contribution >= 4 is 26.5 Å². The topological polar surface area (TPSA) is 80.3 Å². The summed E-state index contributed by atoms with van der Waals surface area (Å²) in [5, 5.41) is 5.28. The minimum atomic E-state index is -3.40. The van der Waals surface area contributed by atoms with Crippen molar-refractivity contribution in [2.75, 3.05) is 24.1 Å². The summed E-state index contributed by atoms with van der Waals surface area (Å²) in [6.07, 6.45) is 0.0261. The maximum absolute atomic E-state index is 11.8. The zero-order chi connectivity index (χ0) is 14.5. The van der Waals surface area contributed by atoms with Gasteiger partial charge in [-0.25, -0.2) is 13.4 Å². The van der Waals surface area contributed by atoms with E-state index in [1.165, 1.54) is 11.3 Å². The van der Waals surface area contributed by atoms with Gasteiger partial charge in [0, 0.05) is 11.4 Å². The van der Waals surface area contributed by atoms with Crippen LogP contribution in [0.1, 0.15) is 32.5 Å². The second kappa shape index (κ2) is 7.18. The number of nitrogens with zero attached hydrogens (tertiary/aromatic N) is 1. The van der Waals surface area contributed by atoms with E-state index in [9.17, 15) is 8.42 Å². The lowest BCUT2D eigenvalue weighted by Gasteiger charge is -2.08. The van der Waals surface area contributed by atoms with Crippen molar-refractivity contribution in [3.63, 3.8) is 0 Å². The Morgan fingerprint density at radius 3 is 2.68 bits per heavy atom. The molecule has 2 N–H and O–H groups in total. The van der Waals surface area contributed by atoms with E-state index < -0.39 is 10.0 Å². The second-order valence-corrected chi connectivity index (χ2v) is 7.13. The third-order valence-electron chi connectivity index (χ3n) is 2.44. The first-order valence-corrected chi connectivity index (χ1v) is 8.62. The summed E-state index contributed by atoms with van der Waals surface area (Å²) in [7, 11) is -1.57. The van der Waals surface area contributed by atoms with Gasteiger partial charge in [-0.15, -0.1) is 11.3 Å². The predicted molar refractivity (Wildman–Crippen MR) is 78.1 cm³/mol. The van der Waals surface area contributed by atoms with Crippen molar-refractivity contribution < 1.29 is 13.2 Å². The Balaban J connectivity index is 2.55. The van der Waals surface area contributed by atoms with Crippen molar-refractivity contribution in [3.05, 3.63) is 11.1 Å². The molecular formula is C11H21N3O3S2. The molecule has 0 saturated carbocycles. The fraction of sp³-hybridized carbons (Fsp3) is 0.727. The standard InChI is InChI=1S/C11H21N3O3S2/c1-8(2)17-5-6-19(15,16)14-11-13-10(7-18-11)9(3)12-4/h7-9,12H,5-6H2,1-4H3,(H,13,14). The van der Waals surface area contributed by atoms with Crippen LogP contribution >= 0.6 is 11.3 Å². The molecule has 6 nitrogen and oxygen atoms in total. The van der Waals surface area contributed by atoms with E-state index in [0.29, 0.717) is 5.13 Å². The normalized spacial score (nSPS) is 13.7. The van der Waals surface area contributed by atoms with Gasteiger partial charge in [0.15, 0.2) is 5.13 Å². The van der Waals surface area contributed by atoms with Gasteiger partial charge in [0.2, 0.25) is 10.0 Å². The summed E-state index contributed by atoms with van der Waals surface area (Å²) in [6.45, 7) is 5.88. The van der Waals surface area contributed by atoms with Crippen LogP contribution in [0.15, 0.2) is 5.38 Å². The maximum Gasteiger partial charge on any atom is 0.236 e. The smallest absolute Gasteiger partial charge is 0.236 e. The number of hydrogen-bond donors (Lipinski definition) is 2. The van der Waals surface area contributed by atoms with Crippen LogP contribution in [0.4, 0.5) is 5.13 Å². The number of ether oxygens (including phenoxy) is 1. The van der Waals surface area contributed by atoms with Gasteiger partial charge in [-0.2, -0.15) is 0 Å². The molecule has 0 fully saturated rings. The minimum absolute atomic E-state index is 0.0261. The maximum atomic E-state index is 11.8. The van der Waals surface area contributed by atoms with Gasteiger partial charge < -0.3 is 10.1 Å². The van der Waals surface area contributed by atoms with E-state index in [0.717, 1.165) is 5.69 Å². The van der Waals surface area contributed by atoms with Crippen LogP contribution in [0.5, 0.6) is 0 Å². The van der Waals surface area contributed by atoms with Gasteiger partial charge in [0.25, 0.3) is 0 Å². The summed E-state index contributed by atoms with van der Waals surface area (Å²) in [4.78, 5) is 4.23. The lowest BCUT2D eigenvalue weighted by molar-refractivity contribution is 0.0913. The van der Waals surface area contributed by atoms with Crippen molar-refractivity contribution in [3.8, 4) is 0 Å². The quantitative estimate of drug-likeness (QED) is 0.762. The first-order chi connectivity index (χ1) is 8.84. The average Bonchev–Trinajstić information content (AvgIpc) is 2.74. The highest BCUT2D eigenvalue weighted by Crippen LogP contribution is 2.21.